The molecule has 1 amide bonds. The molecule has 0 radical (unpaired) electrons. The summed E-state index contributed by atoms with van der Waals surface area (Å²) in [5, 5.41) is 0. The van der Waals surface area contributed by atoms with Gasteiger partial charge < -0.3 is 4.90 Å². The molecule has 0 bridgehead atoms. The minimum absolute atomic E-state index is 0.203. The fourth-order valence-corrected chi connectivity index (χ4v) is 5.53. The van der Waals surface area contributed by atoms with Crippen LogP contribution >= 0.6 is 0 Å². The van der Waals surface area contributed by atoms with Crippen molar-refractivity contribution in [3.05, 3.63) is 35.4 Å². The van der Waals surface area contributed by atoms with Gasteiger partial charge in [0.15, 0.2) is 0 Å². The van der Waals surface area contributed by atoms with Crippen molar-refractivity contribution in [1.82, 2.24) is 4.90 Å². The first-order chi connectivity index (χ1) is 15.2. The third-order valence-corrected chi connectivity index (χ3v) is 7.33. The fraction of sp³-hybridized carbons (Fsp3) is 0.630. The molecule has 4 nitrogen and oxygen atoms in total. The minimum Gasteiger partial charge on any atom is -0.372 e. The van der Waals surface area contributed by atoms with Crippen LogP contribution in [0.25, 0.3) is 6.08 Å². The summed E-state index contributed by atoms with van der Waals surface area (Å²) < 4.78 is 0. The Balaban J connectivity index is 1.57. The second-order valence-electron chi connectivity index (χ2n) is 9.41. The smallest absolute Gasteiger partial charge is 0.255 e. The molecule has 3 aliphatic rings. The molecule has 1 aliphatic heterocycles. The Bertz CT molecular complexity index is 794. The van der Waals surface area contributed by atoms with Gasteiger partial charge in [-0.2, -0.15) is 0 Å². The molecular weight excluding hydrogens is 382 g/mol. The number of benzene rings is 1. The van der Waals surface area contributed by atoms with E-state index in [1.54, 1.807) is 0 Å². The zero-order valence-corrected chi connectivity index (χ0v) is 19.5. The van der Waals surface area contributed by atoms with Crippen molar-refractivity contribution in [1.29, 1.82) is 0 Å². The Morgan fingerprint density at radius 3 is 2.16 bits per heavy atom. The molecule has 4 rings (SSSR count). The molecule has 0 atom stereocenters. The highest BCUT2D eigenvalue weighted by Gasteiger charge is 2.37. The Kier molecular flexibility index (Phi) is 7.47. The van der Waals surface area contributed by atoms with Crippen LogP contribution in [0.5, 0.6) is 0 Å². The molecule has 1 aromatic carbocycles. The first-order valence-corrected chi connectivity index (χ1v) is 12.7. The third-order valence-electron chi connectivity index (χ3n) is 7.33. The summed E-state index contributed by atoms with van der Waals surface area (Å²) in [6.45, 7) is 6.38. The average Bonchev–Trinajstić information content (AvgIpc) is 3.11. The fourth-order valence-electron chi connectivity index (χ4n) is 5.53. The average molecular weight is 422 g/mol. The maximum atomic E-state index is 13.5. The van der Waals surface area contributed by atoms with Crippen molar-refractivity contribution in [3.8, 4) is 0 Å². The predicted octanol–water partition coefficient (Wildman–Crippen LogP) is 6.21. The molecule has 31 heavy (non-hydrogen) atoms. The number of carbonyl (C=O) groups is 1. The number of anilines is 1. The first-order valence-electron chi connectivity index (χ1n) is 12.7. The number of nitrogens with zero attached hydrogens (tertiary/aromatic N) is 3. The number of likely N-dealkylation sites (tertiary alicyclic amines) is 1. The zero-order valence-electron chi connectivity index (χ0n) is 19.5. The Morgan fingerprint density at radius 1 is 0.935 bits per heavy atom. The van der Waals surface area contributed by atoms with Crippen molar-refractivity contribution >= 4 is 23.5 Å². The van der Waals surface area contributed by atoms with Gasteiger partial charge in [-0.3, -0.25) is 14.7 Å². The topological polar surface area (TPSA) is 35.9 Å². The van der Waals surface area contributed by atoms with E-state index in [-0.39, 0.29) is 5.91 Å². The van der Waals surface area contributed by atoms with Crippen LogP contribution in [0.2, 0.25) is 0 Å². The van der Waals surface area contributed by atoms with E-state index >= 15 is 0 Å². The van der Waals surface area contributed by atoms with Crippen LogP contribution < -0.4 is 4.90 Å². The molecule has 2 aliphatic carbocycles. The summed E-state index contributed by atoms with van der Waals surface area (Å²) in [4.78, 5) is 23.1. The van der Waals surface area contributed by atoms with Crippen molar-refractivity contribution in [2.75, 3.05) is 18.0 Å². The van der Waals surface area contributed by atoms with Crippen molar-refractivity contribution in [2.45, 2.75) is 96.6 Å². The minimum atomic E-state index is 0.203. The molecule has 0 spiro atoms. The zero-order chi connectivity index (χ0) is 21.6. The number of rotatable bonds is 6. The monoisotopic (exact) mass is 421 g/mol. The summed E-state index contributed by atoms with van der Waals surface area (Å²) >= 11 is 0. The van der Waals surface area contributed by atoms with E-state index in [2.05, 4.69) is 54.0 Å². The number of aliphatic imine (C=N–C) groups is 1. The van der Waals surface area contributed by atoms with Crippen molar-refractivity contribution < 1.29 is 4.79 Å². The summed E-state index contributed by atoms with van der Waals surface area (Å²) in [5.41, 5.74) is 3.27. The van der Waals surface area contributed by atoms with E-state index in [9.17, 15) is 4.79 Å². The second kappa shape index (κ2) is 10.5. The van der Waals surface area contributed by atoms with Gasteiger partial charge in [0, 0.05) is 36.8 Å². The molecule has 0 aromatic heterocycles. The summed E-state index contributed by atoms with van der Waals surface area (Å²) in [6, 6.07) is 9.41. The van der Waals surface area contributed by atoms with Crippen molar-refractivity contribution in [2.24, 2.45) is 4.99 Å². The largest absolute Gasteiger partial charge is 0.372 e. The molecule has 0 unspecified atom stereocenters. The molecule has 3 fully saturated rings. The lowest BCUT2D eigenvalue weighted by Crippen LogP contribution is -2.41. The van der Waals surface area contributed by atoms with Gasteiger partial charge in [-0.15, -0.1) is 0 Å². The van der Waals surface area contributed by atoms with Gasteiger partial charge >= 0.3 is 0 Å². The van der Waals surface area contributed by atoms with Gasteiger partial charge in [0.25, 0.3) is 5.91 Å². The summed E-state index contributed by atoms with van der Waals surface area (Å²) in [7, 11) is 0. The van der Waals surface area contributed by atoms with Gasteiger partial charge in [-0.1, -0.05) is 50.7 Å². The van der Waals surface area contributed by atoms with Gasteiger partial charge in [-0.25, -0.2) is 0 Å². The van der Waals surface area contributed by atoms with Gasteiger partial charge in [0.1, 0.15) is 5.84 Å². The molecule has 4 heteroatoms. The summed E-state index contributed by atoms with van der Waals surface area (Å²) in [5.74, 6) is 1.25. The van der Waals surface area contributed by atoms with Gasteiger partial charge in [0.2, 0.25) is 0 Å². The van der Waals surface area contributed by atoms with E-state index in [1.165, 1.54) is 57.1 Å². The number of hydrogen-bond acceptors (Lipinski definition) is 3. The molecule has 1 heterocycles. The number of hydrogen-bond donors (Lipinski definition) is 0. The number of carbonyl (C=O) groups excluding carboxylic acids is 1. The standard InChI is InChI=1S/C27H39N3O/c1-3-29(4-2)24-17-15-21(16-18-24)19-22-20-26(28-23-11-7-5-8-12-23)30(27(22)31)25-13-9-6-10-14-25/h15-19,23,25H,3-14,20H2,1-2H3. The molecule has 2 saturated carbocycles. The van der Waals surface area contributed by atoms with Gasteiger partial charge in [0.05, 0.1) is 6.04 Å². The quantitative estimate of drug-likeness (QED) is 0.512. The van der Waals surface area contributed by atoms with E-state index in [0.717, 1.165) is 42.9 Å². The van der Waals surface area contributed by atoms with Crippen LogP contribution in [0, 0.1) is 0 Å². The summed E-state index contributed by atoms with van der Waals surface area (Å²) in [6.07, 6.45) is 15.1. The highest BCUT2D eigenvalue weighted by Crippen LogP contribution is 2.32. The molecule has 0 N–H and O–H groups in total. The van der Waals surface area contributed by atoms with Crippen LogP contribution in [-0.2, 0) is 4.79 Å². The molecule has 1 saturated heterocycles. The Hall–Kier alpha value is -2.10. The van der Waals surface area contributed by atoms with E-state index < -0.39 is 0 Å². The molecular formula is C27H39N3O. The highest BCUT2D eigenvalue weighted by molar-refractivity contribution is 6.17. The SMILES string of the molecule is CCN(CC)c1ccc(C=C2CC(=NC3CCCCC3)N(C3CCCCC3)C2=O)cc1. The highest BCUT2D eigenvalue weighted by atomic mass is 16.2. The molecule has 168 valence electrons. The number of amides is 1. The predicted molar refractivity (Wildman–Crippen MR) is 131 cm³/mol. The lowest BCUT2D eigenvalue weighted by molar-refractivity contribution is -0.124. The molecule has 1 aromatic rings. The van der Waals surface area contributed by atoms with Gasteiger partial charge in [-0.05, 0) is 63.3 Å². The van der Waals surface area contributed by atoms with Crippen LogP contribution in [0.4, 0.5) is 5.69 Å². The maximum absolute atomic E-state index is 13.5. The maximum Gasteiger partial charge on any atom is 0.255 e. The van der Waals surface area contributed by atoms with Crippen LogP contribution in [0.15, 0.2) is 34.8 Å². The number of amidine groups is 1. The van der Waals surface area contributed by atoms with Crippen LogP contribution in [0.1, 0.15) is 90.0 Å². The first kappa shape index (κ1) is 22.1. The second-order valence-corrected chi connectivity index (χ2v) is 9.41. The van der Waals surface area contributed by atoms with Crippen molar-refractivity contribution in [3.63, 3.8) is 0 Å². The van der Waals surface area contributed by atoms with E-state index in [1.807, 2.05) is 0 Å². The normalized spacial score (nSPS) is 23.8. The third kappa shape index (κ3) is 5.22. The van der Waals surface area contributed by atoms with E-state index in [4.69, 9.17) is 4.99 Å². The van der Waals surface area contributed by atoms with E-state index in [0.29, 0.717) is 18.5 Å². The lowest BCUT2D eigenvalue weighted by atomic mass is 9.94. The Morgan fingerprint density at radius 2 is 1.55 bits per heavy atom. The van der Waals surface area contributed by atoms with Crippen LogP contribution in [-0.4, -0.2) is 41.8 Å². The Labute approximate surface area is 188 Å². The lowest BCUT2D eigenvalue weighted by Gasteiger charge is -2.32. The van der Waals surface area contributed by atoms with Crippen LogP contribution in [0.3, 0.4) is 0 Å².